The summed E-state index contributed by atoms with van der Waals surface area (Å²) in [6, 6.07) is 27.4. The van der Waals surface area contributed by atoms with Gasteiger partial charge >= 0.3 is 0 Å². The first-order chi connectivity index (χ1) is 12.6. The standard InChI is InChI=1S/C24H18SSi/c1-26(2)22-10-6-4-8-17(22)20-14-19-15(13-23(20)26)11-12-18-16-7-3-5-9-21(16)25-24(18)19/h3-14H,1-2H3. The van der Waals surface area contributed by atoms with E-state index in [1.54, 1.807) is 10.4 Å². The van der Waals surface area contributed by atoms with Gasteiger partial charge < -0.3 is 0 Å². The van der Waals surface area contributed by atoms with Crippen LogP contribution in [0.5, 0.6) is 0 Å². The van der Waals surface area contributed by atoms with Crippen LogP contribution in [0.2, 0.25) is 13.1 Å². The first kappa shape index (κ1) is 14.7. The summed E-state index contributed by atoms with van der Waals surface area (Å²) in [5, 5.41) is 8.73. The van der Waals surface area contributed by atoms with Crippen LogP contribution in [0.4, 0.5) is 0 Å². The highest BCUT2D eigenvalue weighted by Gasteiger charge is 2.37. The zero-order valence-electron chi connectivity index (χ0n) is 14.8. The second kappa shape index (κ2) is 4.85. The van der Waals surface area contributed by atoms with E-state index in [1.807, 2.05) is 11.3 Å². The van der Waals surface area contributed by atoms with Crippen LogP contribution >= 0.6 is 11.3 Å². The molecule has 1 aromatic heterocycles. The van der Waals surface area contributed by atoms with Gasteiger partial charge in [0.1, 0.15) is 8.07 Å². The molecule has 0 amide bonds. The molecule has 6 rings (SSSR count). The number of rotatable bonds is 0. The van der Waals surface area contributed by atoms with Crippen LogP contribution < -0.4 is 10.4 Å². The van der Waals surface area contributed by atoms with E-state index in [0.717, 1.165) is 0 Å². The van der Waals surface area contributed by atoms with Gasteiger partial charge in [0.15, 0.2) is 0 Å². The lowest BCUT2D eigenvalue weighted by molar-refractivity contribution is 1.73. The Balaban J connectivity index is 1.78. The topological polar surface area (TPSA) is 0 Å². The quantitative estimate of drug-likeness (QED) is 0.294. The molecule has 0 aliphatic carbocycles. The highest BCUT2D eigenvalue weighted by atomic mass is 32.1. The summed E-state index contributed by atoms with van der Waals surface area (Å²) in [6.45, 7) is 4.98. The second-order valence-electron chi connectivity index (χ2n) is 7.83. The number of hydrogen-bond donors (Lipinski definition) is 0. The normalized spacial score (nSPS) is 14.8. The van der Waals surface area contributed by atoms with Gasteiger partial charge in [0.2, 0.25) is 0 Å². The van der Waals surface area contributed by atoms with E-state index in [2.05, 4.69) is 85.9 Å². The minimum absolute atomic E-state index is 1.38. The van der Waals surface area contributed by atoms with Crippen molar-refractivity contribution in [3.05, 3.63) is 72.8 Å². The molecule has 0 fully saturated rings. The molecule has 26 heavy (non-hydrogen) atoms. The number of benzene rings is 4. The van der Waals surface area contributed by atoms with Gasteiger partial charge in [-0.3, -0.25) is 0 Å². The molecule has 2 heterocycles. The fourth-order valence-corrected chi connectivity index (χ4v) is 9.02. The molecule has 0 spiro atoms. The monoisotopic (exact) mass is 366 g/mol. The van der Waals surface area contributed by atoms with E-state index in [1.165, 1.54) is 42.1 Å². The summed E-state index contributed by atoms with van der Waals surface area (Å²) in [7, 11) is -1.59. The molecule has 0 bridgehead atoms. The van der Waals surface area contributed by atoms with Gasteiger partial charge in [0.05, 0.1) is 0 Å². The molecule has 0 saturated carbocycles. The molecule has 0 saturated heterocycles. The van der Waals surface area contributed by atoms with Crippen LogP contribution in [-0.4, -0.2) is 8.07 Å². The van der Waals surface area contributed by atoms with Crippen molar-refractivity contribution < 1.29 is 0 Å². The van der Waals surface area contributed by atoms with Crippen molar-refractivity contribution in [3.8, 4) is 11.1 Å². The number of thiophene rings is 1. The van der Waals surface area contributed by atoms with Crippen LogP contribution in [0.25, 0.3) is 42.1 Å². The van der Waals surface area contributed by atoms with Crippen molar-refractivity contribution in [2.75, 3.05) is 0 Å². The van der Waals surface area contributed by atoms with Crippen LogP contribution in [0.1, 0.15) is 0 Å². The van der Waals surface area contributed by atoms with Gasteiger partial charge in [-0.2, -0.15) is 0 Å². The van der Waals surface area contributed by atoms with Crippen LogP contribution in [0.3, 0.4) is 0 Å². The first-order valence-electron chi connectivity index (χ1n) is 9.13. The van der Waals surface area contributed by atoms with Crippen LogP contribution in [-0.2, 0) is 0 Å². The predicted octanol–water partition coefficient (Wildman–Crippen LogP) is 6.01. The fourth-order valence-electron chi connectivity index (χ4n) is 4.70. The van der Waals surface area contributed by atoms with Gasteiger partial charge in [-0.25, -0.2) is 0 Å². The minimum atomic E-state index is -1.59. The SMILES string of the molecule is C[Si]1(C)c2ccccc2-c2cc3c(ccc4c5ccccc5sc34)cc21. The maximum atomic E-state index is 2.49. The van der Waals surface area contributed by atoms with E-state index in [-0.39, 0.29) is 0 Å². The summed E-state index contributed by atoms with van der Waals surface area (Å²) >= 11 is 1.93. The molecule has 5 aromatic rings. The largest absolute Gasteiger partial charge is 0.135 e. The highest BCUT2D eigenvalue weighted by Crippen LogP contribution is 2.40. The Morgan fingerprint density at radius 1 is 0.654 bits per heavy atom. The number of fused-ring (bicyclic) bond motifs is 8. The molecule has 0 atom stereocenters. The summed E-state index contributed by atoms with van der Waals surface area (Å²) in [6.07, 6.45) is 0. The molecular weight excluding hydrogens is 348 g/mol. The van der Waals surface area contributed by atoms with E-state index >= 15 is 0 Å². The van der Waals surface area contributed by atoms with Crippen LogP contribution in [0, 0.1) is 0 Å². The van der Waals surface area contributed by atoms with Crippen LogP contribution in [0.15, 0.2) is 72.8 Å². The van der Waals surface area contributed by atoms with Gasteiger partial charge in [0, 0.05) is 25.6 Å². The second-order valence-corrected chi connectivity index (χ2v) is 13.2. The average Bonchev–Trinajstić information content (AvgIpc) is 3.15. The summed E-state index contributed by atoms with van der Waals surface area (Å²) in [4.78, 5) is 0. The Bertz CT molecular complexity index is 1360. The summed E-state index contributed by atoms with van der Waals surface area (Å²) in [5.74, 6) is 0. The first-order valence-corrected chi connectivity index (χ1v) is 12.9. The molecule has 0 radical (unpaired) electrons. The highest BCUT2D eigenvalue weighted by molar-refractivity contribution is 7.26. The Morgan fingerprint density at radius 3 is 2.38 bits per heavy atom. The maximum absolute atomic E-state index is 2.49. The van der Waals surface area contributed by atoms with Gasteiger partial charge in [0.25, 0.3) is 0 Å². The Kier molecular flexibility index (Phi) is 2.74. The summed E-state index contributed by atoms with van der Waals surface area (Å²) in [5.41, 5.74) is 2.92. The molecule has 2 heteroatoms. The third-order valence-corrected chi connectivity index (χ3v) is 10.8. The molecule has 0 N–H and O–H groups in total. The van der Waals surface area contributed by atoms with Gasteiger partial charge in [-0.1, -0.05) is 73.8 Å². The average molecular weight is 367 g/mol. The zero-order chi connectivity index (χ0) is 17.5. The molecule has 1 aliphatic rings. The Morgan fingerprint density at radius 2 is 1.46 bits per heavy atom. The molecule has 124 valence electrons. The third-order valence-electron chi connectivity index (χ3n) is 6.06. The Hall–Kier alpha value is -2.42. The van der Waals surface area contributed by atoms with Crippen molar-refractivity contribution in [1.82, 2.24) is 0 Å². The van der Waals surface area contributed by atoms with E-state index < -0.39 is 8.07 Å². The van der Waals surface area contributed by atoms with Crippen molar-refractivity contribution >= 4 is 60.7 Å². The summed E-state index contributed by atoms with van der Waals surface area (Å²) < 4.78 is 2.81. The van der Waals surface area contributed by atoms with E-state index in [4.69, 9.17) is 0 Å². The lowest BCUT2D eigenvalue weighted by Crippen LogP contribution is -2.49. The molecule has 1 aliphatic heterocycles. The van der Waals surface area contributed by atoms with E-state index in [0.29, 0.717) is 0 Å². The molecule has 0 nitrogen and oxygen atoms in total. The van der Waals surface area contributed by atoms with Crippen molar-refractivity contribution in [3.63, 3.8) is 0 Å². The van der Waals surface area contributed by atoms with Crippen molar-refractivity contribution in [2.24, 2.45) is 0 Å². The zero-order valence-corrected chi connectivity index (χ0v) is 16.7. The minimum Gasteiger partial charge on any atom is -0.135 e. The van der Waals surface area contributed by atoms with Crippen molar-refractivity contribution in [2.45, 2.75) is 13.1 Å². The molecule has 0 unspecified atom stereocenters. The lowest BCUT2D eigenvalue weighted by atomic mass is 10.00. The predicted molar refractivity (Wildman–Crippen MR) is 119 cm³/mol. The third kappa shape index (κ3) is 1.73. The molecule has 4 aromatic carbocycles. The molecular formula is C24H18SSi. The van der Waals surface area contributed by atoms with Gasteiger partial charge in [-0.05, 0) is 39.0 Å². The van der Waals surface area contributed by atoms with E-state index in [9.17, 15) is 0 Å². The maximum Gasteiger partial charge on any atom is 0.113 e. The van der Waals surface area contributed by atoms with Gasteiger partial charge in [-0.15, -0.1) is 11.3 Å². The Labute approximate surface area is 157 Å². The van der Waals surface area contributed by atoms with Crippen molar-refractivity contribution in [1.29, 1.82) is 0 Å². The smallest absolute Gasteiger partial charge is 0.113 e. The number of hydrogen-bond acceptors (Lipinski definition) is 1. The lowest BCUT2D eigenvalue weighted by Gasteiger charge is -2.19. The fraction of sp³-hybridized carbons (Fsp3) is 0.0833.